The van der Waals surface area contributed by atoms with E-state index in [0.717, 1.165) is 25.0 Å². The molecule has 1 rings (SSSR count). The van der Waals surface area contributed by atoms with E-state index >= 15 is 0 Å². The molecule has 1 aromatic heterocycles. The molecule has 0 aromatic carbocycles. The van der Waals surface area contributed by atoms with Gasteiger partial charge in [0, 0.05) is 5.38 Å². The van der Waals surface area contributed by atoms with Crippen LogP contribution in [-0.4, -0.2) is 10.1 Å². The Morgan fingerprint density at radius 1 is 1.46 bits per heavy atom. The normalized spacial score (nSPS) is 13.5. The maximum atomic E-state index is 9.79. The van der Waals surface area contributed by atoms with Gasteiger partial charge in [-0.2, -0.15) is 0 Å². The fourth-order valence-electron chi connectivity index (χ4n) is 1.44. The van der Waals surface area contributed by atoms with Gasteiger partial charge >= 0.3 is 0 Å². The Hall–Kier alpha value is -0.410. The van der Waals surface area contributed by atoms with Crippen LogP contribution >= 0.6 is 11.3 Å². The lowest BCUT2D eigenvalue weighted by Gasteiger charge is -2.15. The molecule has 1 atom stereocenters. The van der Waals surface area contributed by atoms with Gasteiger partial charge in [-0.15, -0.1) is 11.3 Å². The fraction of sp³-hybridized carbons (Fsp3) is 0.700. The third kappa shape index (κ3) is 3.08. The predicted octanol–water partition coefficient (Wildman–Crippen LogP) is 3.00. The highest BCUT2D eigenvalue weighted by Crippen LogP contribution is 2.24. The summed E-state index contributed by atoms with van der Waals surface area (Å²) in [7, 11) is 0. The maximum absolute atomic E-state index is 9.79. The zero-order chi connectivity index (χ0) is 9.68. The largest absolute Gasteiger partial charge is 0.387 e. The quantitative estimate of drug-likeness (QED) is 0.790. The number of hydrogen-bond donors (Lipinski definition) is 1. The van der Waals surface area contributed by atoms with Crippen LogP contribution in [0.1, 0.15) is 44.9 Å². The maximum Gasteiger partial charge on any atom is 0.0970 e. The Morgan fingerprint density at radius 3 is 2.62 bits per heavy atom. The molecule has 1 unspecified atom stereocenters. The first-order chi connectivity index (χ1) is 6.27. The van der Waals surface area contributed by atoms with E-state index in [9.17, 15) is 5.11 Å². The van der Waals surface area contributed by atoms with Gasteiger partial charge in [-0.05, 0) is 12.3 Å². The van der Waals surface area contributed by atoms with Crippen LogP contribution in [0, 0.1) is 5.92 Å². The third-order valence-electron chi connectivity index (χ3n) is 2.50. The summed E-state index contributed by atoms with van der Waals surface area (Å²) in [5, 5.41) is 11.7. The number of aromatic nitrogens is 1. The molecule has 1 heterocycles. The van der Waals surface area contributed by atoms with Crippen molar-refractivity contribution in [2.45, 2.75) is 39.2 Å². The first kappa shape index (κ1) is 10.7. The molecular formula is C10H17NOS. The molecule has 0 aliphatic heterocycles. The lowest BCUT2D eigenvalue weighted by Crippen LogP contribution is -2.06. The Bertz CT molecular complexity index is 219. The van der Waals surface area contributed by atoms with Crippen LogP contribution in [0.3, 0.4) is 0 Å². The summed E-state index contributed by atoms with van der Waals surface area (Å²) >= 11 is 1.54. The Morgan fingerprint density at radius 2 is 2.15 bits per heavy atom. The van der Waals surface area contributed by atoms with E-state index in [1.807, 2.05) is 5.38 Å². The van der Waals surface area contributed by atoms with Gasteiger partial charge < -0.3 is 5.11 Å². The second kappa shape index (κ2) is 5.35. The molecule has 13 heavy (non-hydrogen) atoms. The zero-order valence-corrected chi connectivity index (χ0v) is 9.05. The molecule has 3 heteroatoms. The molecule has 0 saturated carbocycles. The van der Waals surface area contributed by atoms with Crippen LogP contribution in [0.15, 0.2) is 10.9 Å². The summed E-state index contributed by atoms with van der Waals surface area (Å²) in [6.45, 7) is 4.34. The molecular weight excluding hydrogens is 182 g/mol. The minimum Gasteiger partial charge on any atom is -0.387 e. The Balaban J connectivity index is 2.45. The van der Waals surface area contributed by atoms with Crippen molar-refractivity contribution in [1.29, 1.82) is 0 Å². The Kier molecular flexibility index (Phi) is 4.39. The van der Waals surface area contributed by atoms with Crippen LogP contribution in [0.25, 0.3) is 0 Å². The summed E-state index contributed by atoms with van der Waals surface area (Å²) in [6.07, 6.45) is 2.75. The van der Waals surface area contributed by atoms with E-state index in [-0.39, 0.29) is 6.10 Å². The minimum atomic E-state index is -0.365. The van der Waals surface area contributed by atoms with Crippen molar-refractivity contribution in [2.75, 3.05) is 0 Å². The highest BCUT2D eigenvalue weighted by Gasteiger charge is 2.14. The summed E-state index contributed by atoms with van der Waals surface area (Å²) in [5.74, 6) is 0.622. The van der Waals surface area contributed by atoms with Crippen molar-refractivity contribution in [3.63, 3.8) is 0 Å². The van der Waals surface area contributed by atoms with Crippen LogP contribution in [0.5, 0.6) is 0 Å². The van der Waals surface area contributed by atoms with Crippen LogP contribution < -0.4 is 0 Å². The Labute approximate surface area is 83.6 Å². The molecule has 0 amide bonds. The molecule has 0 aliphatic rings. The number of nitrogens with zero attached hydrogens (tertiary/aromatic N) is 1. The highest BCUT2D eigenvalue weighted by atomic mass is 32.1. The highest BCUT2D eigenvalue weighted by molar-refractivity contribution is 7.07. The van der Waals surface area contributed by atoms with E-state index in [4.69, 9.17) is 0 Å². The SMILES string of the molecule is CCC(CC)CC(O)c1cscn1. The first-order valence-electron chi connectivity index (χ1n) is 4.84. The molecule has 0 fully saturated rings. The molecule has 0 saturated heterocycles. The lowest BCUT2D eigenvalue weighted by atomic mass is 9.95. The average molecular weight is 199 g/mol. The van der Waals surface area contributed by atoms with Gasteiger partial charge in [0.2, 0.25) is 0 Å². The monoisotopic (exact) mass is 199 g/mol. The van der Waals surface area contributed by atoms with E-state index in [0.29, 0.717) is 5.92 Å². The first-order valence-corrected chi connectivity index (χ1v) is 5.78. The molecule has 0 bridgehead atoms. The van der Waals surface area contributed by atoms with Gasteiger partial charge in [0.15, 0.2) is 0 Å². The van der Waals surface area contributed by atoms with Crippen LogP contribution in [-0.2, 0) is 0 Å². The predicted molar refractivity (Wildman–Crippen MR) is 55.8 cm³/mol. The van der Waals surface area contributed by atoms with Crippen LogP contribution in [0.2, 0.25) is 0 Å². The van der Waals surface area contributed by atoms with Gasteiger partial charge in [0.25, 0.3) is 0 Å². The number of rotatable bonds is 5. The van der Waals surface area contributed by atoms with Gasteiger partial charge in [-0.25, -0.2) is 4.98 Å². The standard InChI is InChI=1S/C10H17NOS/c1-3-8(4-2)5-10(12)9-6-13-7-11-9/h6-8,10,12H,3-5H2,1-2H3. The number of aliphatic hydroxyl groups excluding tert-OH is 1. The molecule has 0 radical (unpaired) electrons. The van der Waals surface area contributed by atoms with Gasteiger partial charge in [-0.3, -0.25) is 0 Å². The number of thiazole rings is 1. The lowest BCUT2D eigenvalue weighted by molar-refractivity contribution is 0.137. The van der Waals surface area contributed by atoms with Crippen molar-refractivity contribution in [2.24, 2.45) is 5.92 Å². The fourth-order valence-corrected chi connectivity index (χ4v) is 2.05. The van der Waals surface area contributed by atoms with Gasteiger partial charge in [-0.1, -0.05) is 26.7 Å². The summed E-state index contributed by atoms with van der Waals surface area (Å²) in [5.41, 5.74) is 2.60. The van der Waals surface area contributed by atoms with Crippen molar-refractivity contribution < 1.29 is 5.11 Å². The van der Waals surface area contributed by atoms with Crippen molar-refractivity contribution in [1.82, 2.24) is 4.98 Å². The molecule has 0 aliphatic carbocycles. The topological polar surface area (TPSA) is 33.1 Å². The number of hydrogen-bond acceptors (Lipinski definition) is 3. The third-order valence-corrected chi connectivity index (χ3v) is 3.11. The zero-order valence-electron chi connectivity index (χ0n) is 8.23. The van der Waals surface area contributed by atoms with E-state index in [2.05, 4.69) is 18.8 Å². The van der Waals surface area contributed by atoms with E-state index < -0.39 is 0 Å². The molecule has 2 nitrogen and oxygen atoms in total. The van der Waals surface area contributed by atoms with Crippen molar-refractivity contribution in [3.8, 4) is 0 Å². The summed E-state index contributed by atoms with van der Waals surface area (Å²) in [6, 6.07) is 0. The molecule has 1 N–H and O–H groups in total. The average Bonchev–Trinajstić information content (AvgIpc) is 2.66. The molecule has 0 spiro atoms. The molecule has 1 aromatic rings. The van der Waals surface area contributed by atoms with E-state index in [1.54, 1.807) is 5.51 Å². The van der Waals surface area contributed by atoms with E-state index in [1.165, 1.54) is 11.3 Å². The van der Waals surface area contributed by atoms with Crippen molar-refractivity contribution in [3.05, 3.63) is 16.6 Å². The smallest absolute Gasteiger partial charge is 0.0970 e. The summed E-state index contributed by atoms with van der Waals surface area (Å²) < 4.78 is 0. The van der Waals surface area contributed by atoms with Crippen LogP contribution in [0.4, 0.5) is 0 Å². The second-order valence-electron chi connectivity index (χ2n) is 3.35. The van der Waals surface area contributed by atoms with Gasteiger partial charge in [0.1, 0.15) is 0 Å². The molecule has 74 valence electrons. The van der Waals surface area contributed by atoms with Crippen molar-refractivity contribution >= 4 is 11.3 Å². The summed E-state index contributed by atoms with van der Waals surface area (Å²) in [4.78, 5) is 4.11. The second-order valence-corrected chi connectivity index (χ2v) is 4.07. The minimum absolute atomic E-state index is 0.365. The number of aliphatic hydroxyl groups is 1. The van der Waals surface area contributed by atoms with Gasteiger partial charge in [0.05, 0.1) is 17.3 Å².